The van der Waals surface area contributed by atoms with Crippen molar-refractivity contribution in [1.82, 2.24) is 15.0 Å². The van der Waals surface area contributed by atoms with Crippen LogP contribution < -0.4 is 0 Å². The number of rotatable bonds is 3. The molecule has 3 heterocycles. The number of thiophene rings is 1. The molecule has 0 aliphatic carbocycles. The highest BCUT2D eigenvalue weighted by molar-refractivity contribution is 7.27. The second-order valence-corrected chi connectivity index (χ2v) is 13.0. The monoisotopic (exact) mass is 615 g/mol. The highest BCUT2D eigenvalue weighted by Gasteiger charge is 2.23. The second-order valence-electron chi connectivity index (χ2n) is 11.9. The molecular formula is C43H25N3S. The lowest BCUT2D eigenvalue weighted by Crippen LogP contribution is -1.99. The van der Waals surface area contributed by atoms with E-state index in [1.807, 2.05) is 17.4 Å². The molecule has 0 fully saturated rings. The van der Waals surface area contributed by atoms with Gasteiger partial charge in [-0.05, 0) is 40.8 Å². The molecule has 0 saturated heterocycles. The van der Waals surface area contributed by atoms with Crippen molar-refractivity contribution in [3.05, 3.63) is 152 Å². The molecule has 10 rings (SSSR count). The first-order chi connectivity index (χ1) is 23.3. The Morgan fingerprint density at radius 2 is 0.979 bits per heavy atom. The minimum absolute atomic E-state index is 0.631. The number of nitrogens with zero attached hydrogens (tertiary/aromatic N) is 3. The summed E-state index contributed by atoms with van der Waals surface area (Å²) in [5.74, 6) is 0.631. The molecule has 0 aliphatic heterocycles. The van der Waals surface area contributed by atoms with Crippen molar-refractivity contribution in [3.63, 3.8) is 0 Å². The number of pyridine rings is 1. The third-order valence-corrected chi connectivity index (χ3v) is 10.4. The van der Waals surface area contributed by atoms with Gasteiger partial charge in [0.2, 0.25) is 0 Å². The summed E-state index contributed by atoms with van der Waals surface area (Å²) in [6.07, 6.45) is 0. The second kappa shape index (κ2) is 10.3. The van der Waals surface area contributed by atoms with Gasteiger partial charge in [0.1, 0.15) is 5.69 Å². The van der Waals surface area contributed by atoms with Crippen LogP contribution in [0.25, 0.3) is 97.4 Å². The van der Waals surface area contributed by atoms with Crippen LogP contribution in [0.4, 0.5) is 0 Å². The molecule has 7 aromatic carbocycles. The number of fused-ring (bicyclic) bond motifs is 11. The summed E-state index contributed by atoms with van der Waals surface area (Å²) in [4.78, 5) is 16.1. The first-order valence-corrected chi connectivity index (χ1v) is 16.6. The van der Waals surface area contributed by atoms with Crippen molar-refractivity contribution in [2.45, 2.75) is 0 Å². The molecule has 0 aliphatic rings. The number of benzene rings is 7. The molecule has 3 aromatic heterocycles. The maximum absolute atomic E-state index is 5.41. The minimum atomic E-state index is 0.631. The fourth-order valence-corrected chi connectivity index (χ4v) is 8.41. The summed E-state index contributed by atoms with van der Waals surface area (Å²) in [5.41, 5.74) is 6.92. The molecule has 0 spiro atoms. The molecule has 0 saturated carbocycles. The van der Waals surface area contributed by atoms with Gasteiger partial charge in [0.15, 0.2) is 5.82 Å². The number of hydrogen-bond acceptors (Lipinski definition) is 4. The van der Waals surface area contributed by atoms with Crippen LogP contribution in [0.5, 0.6) is 0 Å². The summed E-state index contributed by atoms with van der Waals surface area (Å²) in [7, 11) is 0. The van der Waals surface area contributed by atoms with Crippen LogP contribution >= 0.6 is 11.3 Å². The Morgan fingerprint density at radius 3 is 1.81 bits per heavy atom. The van der Waals surface area contributed by atoms with Gasteiger partial charge in [-0.3, -0.25) is 0 Å². The summed E-state index contributed by atoms with van der Waals surface area (Å²) in [5, 5.41) is 9.39. The van der Waals surface area contributed by atoms with E-state index in [9.17, 15) is 0 Å². The van der Waals surface area contributed by atoms with Gasteiger partial charge in [0.05, 0.1) is 16.7 Å². The molecule has 47 heavy (non-hydrogen) atoms. The summed E-state index contributed by atoms with van der Waals surface area (Å²) in [6, 6.07) is 53.5. The van der Waals surface area contributed by atoms with Crippen LogP contribution in [0.3, 0.4) is 0 Å². The first-order valence-electron chi connectivity index (χ1n) is 15.8. The van der Waals surface area contributed by atoms with Crippen molar-refractivity contribution in [2.75, 3.05) is 0 Å². The van der Waals surface area contributed by atoms with E-state index >= 15 is 0 Å². The third kappa shape index (κ3) is 4.02. The average Bonchev–Trinajstić information content (AvgIpc) is 3.54. The van der Waals surface area contributed by atoms with Crippen LogP contribution in [0.15, 0.2) is 152 Å². The highest BCUT2D eigenvalue weighted by atomic mass is 32.1. The molecule has 10 aromatic rings. The third-order valence-electron chi connectivity index (χ3n) is 9.24. The van der Waals surface area contributed by atoms with E-state index < -0.39 is 0 Å². The van der Waals surface area contributed by atoms with E-state index in [1.165, 1.54) is 41.9 Å². The number of hydrogen-bond donors (Lipinski definition) is 0. The molecule has 0 N–H and O–H groups in total. The molecule has 0 amide bonds. The minimum Gasteiger partial charge on any atom is -0.244 e. The van der Waals surface area contributed by atoms with Crippen LogP contribution in [-0.4, -0.2) is 15.0 Å². The van der Waals surface area contributed by atoms with E-state index in [0.29, 0.717) is 5.82 Å². The lowest BCUT2D eigenvalue weighted by atomic mass is 9.93. The van der Waals surface area contributed by atoms with Crippen molar-refractivity contribution >= 4 is 74.9 Å². The Bertz CT molecular complexity index is 2850. The Morgan fingerprint density at radius 1 is 0.362 bits per heavy atom. The van der Waals surface area contributed by atoms with Crippen molar-refractivity contribution in [2.24, 2.45) is 0 Å². The topological polar surface area (TPSA) is 38.7 Å². The van der Waals surface area contributed by atoms with Crippen LogP contribution in [-0.2, 0) is 0 Å². The Balaban J connectivity index is 1.37. The van der Waals surface area contributed by atoms with Gasteiger partial charge in [-0.1, -0.05) is 127 Å². The molecule has 0 radical (unpaired) electrons. The molecule has 0 atom stereocenters. The largest absolute Gasteiger partial charge is 0.244 e. The first kappa shape index (κ1) is 26.3. The average molecular weight is 616 g/mol. The van der Waals surface area contributed by atoms with E-state index in [2.05, 4.69) is 146 Å². The quantitative estimate of drug-likeness (QED) is 0.186. The van der Waals surface area contributed by atoms with Crippen LogP contribution in [0, 0.1) is 0 Å². The number of aromatic nitrogens is 3. The maximum Gasteiger partial charge on any atom is 0.180 e. The molecule has 0 unspecified atom stereocenters. The Kier molecular flexibility index (Phi) is 5.74. The predicted molar refractivity (Wildman–Crippen MR) is 199 cm³/mol. The molecule has 0 bridgehead atoms. The highest BCUT2D eigenvalue weighted by Crippen LogP contribution is 2.48. The summed E-state index contributed by atoms with van der Waals surface area (Å²) in [6.45, 7) is 0. The lowest BCUT2D eigenvalue weighted by Gasteiger charge is -2.15. The standard InChI is InChI=1S/C43H25N3S/c1-2-13-26(14-3-1)27-15-12-16-28(25-27)40-32-20-7-10-23-35(32)45-43(46-40)41-39-37(31-19-6-9-22-34(31)44-41)29-17-4-5-18-30(29)42-38(39)33-21-8-11-24-36(33)47-42/h1-25H. The van der Waals surface area contributed by atoms with Gasteiger partial charge in [-0.25, -0.2) is 15.0 Å². The lowest BCUT2D eigenvalue weighted by molar-refractivity contribution is 1.20. The van der Waals surface area contributed by atoms with Crippen molar-refractivity contribution in [1.29, 1.82) is 0 Å². The van der Waals surface area contributed by atoms with Crippen LogP contribution in [0.2, 0.25) is 0 Å². The SMILES string of the molecule is c1ccc(-c2cccc(-c3nc(-c4nc5ccccc5c5c6ccccc6c6sc7ccccc7c6c45)nc4ccccc34)c2)cc1. The van der Waals surface area contributed by atoms with E-state index in [4.69, 9.17) is 15.0 Å². The van der Waals surface area contributed by atoms with E-state index in [1.54, 1.807) is 0 Å². The van der Waals surface area contributed by atoms with Crippen LogP contribution in [0.1, 0.15) is 0 Å². The van der Waals surface area contributed by atoms with E-state index in [0.717, 1.165) is 49.7 Å². The molecule has 4 heteroatoms. The Hall–Kier alpha value is -5.97. The smallest absolute Gasteiger partial charge is 0.180 e. The normalized spacial score (nSPS) is 11.8. The zero-order valence-electron chi connectivity index (χ0n) is 25.2. The fourth-order valence-electron chi connectivity index (χ4n) is 7.16. The van der Waals surface area contributed by atoms with Gasteiger partial charge in [-0.2, -0.15) is 0 Å². The Labute approximate surface area is 274 Å². The zero-order chi connectivity index (χ0) is 30.9. The van der Waals surface area contributed by atoms with Gasteiger partial charge in [-0.15, -0.1) is 11.3 Å². The van der Waals surface area contributed by atoms with Crippen molar-refractivity contribution in [3.8, 4) is 33.9 Å². The van der Waals surface area contributed by atoms with Gasteiger partial charge in [0.25, 0.3) is 0 Å². The molecular weight excluding hydrogens is 591 g/mol. The van der Waals surface area contributed by atoms with Gasteiger partial charge >= 0.3 is 0 Å². The zero-order valence-corrected chi connectivity index (χ0v) is 26.0. The molecule has 3 nitrogen and oxygen atoms in total. The molecule has 218 valence electrons. The summed E-state index contributed by atoms with van der Waals surface area (Å²) < 4.78 is 2.53. The van der Waals surface area contributed by atoms with E-state index in [-0.39, 0.29) is 0 Å². The van der Waals surface area contributed by atoms with Gasteiger partial charge in [0, 0.05) is 52.7 Å². The fraction of sp³-hybridized carbons (Fsp3) is 0. The summed E-state index contributed by atoms with van der Waals surface area (Å²) >= 11 is 1.85. The maximum atomic E-state index is 5.41. The van der Waals surface area contributed by atoms with Crippen molar-refractivity contribution < 1.29 is 0 Å². The number of para-hydroxylation sites is 2. The van der Waals surface area contributed by atoms with Gasteiger partial charge < -0.3 is 0 Å². The predicted octanol–water partition coefficient (Wildman–Crippen LogP) is 11.9.